The highest BCUT2D eigenvalue weighted by Gasteiger charge is 2.10. The molecule has 0 radical (unpaired) electrons. The van der Waals surface area contributed by atoms with Crippen LogP contribution in [0.1, 0.15) is 25.3 Å². The highest BCUT2D eigenvalue weighted by molar-refractivity contribution is 6.31. The van der Waals surface area contributed by atoms with E-state index in [4.69, 9.17) is 11.6 Å². The second-order valence-corrected chi connectivity index (χ2v) is 5.36. The van der Waals surface area contributed by atoms with Crippen LogP contribution in [0.3, 0.4) is 0 Å². The van der Waals surface area contributed by atoms with Crippen LogP contribution in [0.15, 0.2) is 24.4 Å². The topological polar surface area (TPSA) is 65.1 Å². The Morgan fingerprint density at radius 2 is 2.30 bits per heavy atom. The van der Waals surface area contributed by atoms with Crippen molar-refractivity contribution < 1.29 is 9.90 Å². The molecule has 1 atom stereocenters. The first-order valence-electron chi connectivity index (χ1n) is 6.80. The molecule has 5 heteroatoms. The number of benzene rings is 1. The third kappa shape index (κ3) is 3.74. The number of H-pyrrole nitrogens is 1. The zero-order valence-electron chi connectivity index (χ0n) is 11.4. The lowest BCUT2D eigenvalue weighted by molar-refractivity contribution is -0.120. The summed E-state index contributed by atoms with van der Waals surface area (Å²) < 4.78 is 0. The monoisotopic (exact) mass is 294 g/mol. The molecule has 0 bridgehead atoms. The van der Waals surface area contributed by atoms with E-state index in [0.29, 0.717) is 24.4 Å². The third-order valence-corrected chi connectivity index (χ3v) is 3.47. The first kappa shape index (κ1) is 14.9. The second-order valence-electron chi connectivity index (χ2n) is 4.93. The summed E-state index contributed by atoms with van der Waals surface area (Å²) in [6.45, 7) is 2.31. The van der Waals surface area contributed by atoms with E-state index in [2.05, 4.69) is 10.3 Å². The van der Waals surface area contributed by atoms with Crippen molar-refractivity contribution in [3.05, 3.63) is 35.0 Å². The molecule has 0 aliphatic rings. The SMILES string of the molecule is CCCC(O)CNC(=O)Cc1c[nH]c2cc(Cl)ccc12. The van der Waals surface area contributed by atoms with Crippen molar-refractivity contribution in [3.63, 3.8) is 0 Å². The normalized spacial score (nSPS) is 12.6. The van der Waals surface area contributed by atoms with Gasteiger partial charge in [0.05, 0.1) is 12.5 Å². The quantitative estimate of drug-likeness (QED) is 0.767. The number of halogens is 1. The molecule has 1 unspecified atom stereocenters. The van der Waals surface area contributed by atoms with E-state index < -0.39 is 6.10 Å². The van der Waals surface area contributed by atoms with Gasteiger partial charge in [-0.15, -0.1) is 0 Å². The number of carbonyl (C=O) groups excluding carboxylic acids is 1. The number of fused-ring (bicyclic) bond motifs is 1. The van der Waals surface area contributed by atoms with Crippen molar-refractivity contribution in [1.29, 1.82) is 0 Å². The summed E-state index contributed by atoms with van der Waals surface area (Å²) in [4.78, 5) is 15.0. The lowest BCUT2D eigenvalue weighted by atomic mass is 10.1. The Bertz CT molecular complexity index is 595. The summed E-state index contributed by atoms with van der Waals surface area (Å²) in [6.07, 6.45) is 3.25. The molecule has 1 aromatic carbocycles. The van der Waals surface area contributed by atoms with Gasteiger partial charge in [0, 0.05) is 28.7 Å². The standard InChI is InChI=1S/C15H19ClN2O2/c1-2-3-12(19)9-18-15(20)6-10-8-17-14-7-11(16)4-5-13(10)14/h4-5,7-8,12,17,19H,2-3,6,9H2,1H3,(H,18,20). The van der Waals surface area contributed by atoms with Crippen LogP contribution < -0.4 is 5.32 Å². The lowest BCUT2D eigenvalue weighted by Gasteiger charge is -2.10. The van der Waals surface area contributed by atoms with Crippen LogP contribution in [0.5, 0.6) is 0 Å². The summed E-state index contributed by atoms with van der Waals surface area (Å²) >= 11 is 5.92. The molecule has 108 valence electrons. The zero-order chi connectivity index (χ0) is 14.5. The van der Waals surface area contributed by atoms with E-state index in [-0.39, 0.29) is 5.91 Å². The van der Waals surface area contributed by atoms with Gasteiger partial charge < -0.3 is 15.4 Å². The van der Waals surface area contributed by atoms with Crippen molar-refractivity contribution in [1.82, 2.24) is 10.3 Å². The largest absolute Gasteiger partial charge is 0.391 e. The molecule has 0 saturated heterocycles. The molecule has 2 rings (SSSR count). The fourth-order valence-electron chi connectivity index (χ4n) is 2.21. The lowest BCUT2D eigenvalue weighted by Crippen LogP contribution is -2.32. The summed E-state index contributed by atoms with van der Waals surface area (Å²) in [6, 6.07) is 5.55. The number of carbonyl (C=O) groups is 1. The van der Waals surface area contributed by atoms with Gasteiger partial charge >= 0.3 is 0 Å². The highest BCUT2D eigenvalue weighted by Crippen LogP contribution is 2.22. The Balaban J connectivity index is 1.96. The fraction of sp³-hybridized carbons (Fsp3) is 0.400. The van der Waals surface area contributed by atoms with Gasteiger partial charge in [-0.3, -0.25) is 4.79 Å². The van der Waals surface area contributed by atoms with Crippen LogP contribution in [0.2, 0.25) is 5.02 Å². The van der Waals surface area contributed by atoms with Gasteiger partial charge in [-0.2, -0.15) is 0 Å². The van der Waals surface area contributed by atoms with Gasteiger partial charge in [-0.25, -0.2) is 0 Å². The van der Waals surface area contributed by atoms with Crippen molar-refractivity contribution in [2.45, 2.75) is 32.3 Å². The van der Waals surface area contributed by atoms with E-state index in [1.807, 2.05) is 31.3 Å². The van der Waals surface area contributed by atoms with E-state index in [0.717, 1.165) is 22.9 Å². The zero-order valence-corrected chi connectivity index (χ0v) is 12.2. The fourth-order valence-corrected chi connectivity index (χ4v) is 2.38. The molecule has 20 heavy (non-hydrogen) atoms. The van der Waals surface area contributed by atoms with Crippen LogP contribution in [-0.4, -0.2) is 28.6 Å². The van der Waals surface area contributed by atoms with Crippen LogP contribution in [-0.2, 0) is 11.2 Å². The van der Waals surface area contributed by atoms with Crippen molar-refractivity contribution in [2.24, 2.45) is 0 Å². The predicted octanol–water partition coefficient (Wildman–Crippen LogP) is 2.64. The number of nitrogens with one attached hydrogen (secondary N) is 2. The van der Waals surface area contributed by atoms with Crippen LogP contribution >= 0.6 is 11.6 Å². The number of aliphatic hydroxyl groups is 1. The van der Waals surface area contributed by atoms with Crippen LogP contribution in [0.4, 0.5) is 0 Å². The minimum Gasteiger partial charge on any atom is -0.391 e. The molecule has 1 aromatic heterocycles. The molecule has 1 amide bonds. The number of aromatic amines is 1. The number of hydrogen-bond donors (Lipinski definition) is 3. The molecule has 0 fully saturated rings. The van der Waals surface area contributed by atoms with Gasteiger partial charge in [0.1, 0.15) is 0 Å². The minimum absolute atomic E-state index is 0.0870. The maximum Gasteiger partial charge on any atom is 0.224 e. The molecule has 2 aromatic rings. The van der Waals surface area contributed by atoms with Crippen LogP contribution in [0.25, 0.3) is 10.9 Å². The second kappa shape index (κ2) is 6.77. The number of hydrogen-bond acceptors (Lipinski definition) is 2. The van der Waals surface area contributed by atoms with E-state index >= 15 is 0 Å². The van der Waals surface area contributed by atoms with Crippen LogP contribution in [0, 0.1) is 0 Å². The summed E-state index contributed by atoms with van der Waals surface area (Å²) in [5, 5.41) is 14.0. The van der Waals surface area contributed by atoms with E-state index in [1.165, 1.54) is 0 Å². The first-order chi connectivity index (χ1) is 9.60. The summed E-state index contributed by atoms with van der Waals surface area (Å²) in [7, 11) is 0. The minimum atomic E-state index is -0.467. The van der Waals surface area contributed by atoms with Crippen molar-refractivity contribution in [2.75, 3.05) is 6.54 Å². The Kier molecular flexibility index (Phi) is 5.04. The summed E-state index contributed by atoms with van der Waals surface area (Å²) in [5.41, 5.74) is 1.85. The molecule has 0 aliphatic heterocycles. The van der Waals surface area contributed by atoms with Crippen molar-refractivity contribution >= 4 is 28.4 Å². The average molecular weight is 295 g/mol. The summed E-state index contributed by atoms with van der Waals surface area (Å²) in [5.74, 6) is -0.0870. The van der Waals surface area contributed by atoms with Gasteiger partial charge in [0.15, 0.2) is 0 Å². The number of aromatic nitrogens is 1. The van der Waals surface area contributed by atoms with Gasteiger partial charge in [-0.1, -0.05) is 31.0 Å². The van der Waals surface area contributed by atoms with Gasteiger partial charge in [0.25, 0.3) is 0 Å². The molecule has 0 spiro atoms. The van der Waals surface area contributed by atoms with E-state index in [9.17, 15) is 9.90 Å². The average Bonchev–Trinajstić information content (AvgIpc) is 2.79. The molecular weight excluding hydrogens is 276 g/mol. The third-order valence-electron chi connectivity index (χ3n) is 3.24. The number of amides is 1. The maximum absolute atomic E-state index is 11.9. The highest BCUT2D eigenvalue weighted by atomic mass is 35.5. The van der Waals surface area contributed by atoms with Gasteiger partial charge in [0.2, 0.25) is 5.91 Å². The Morgan fingerprint density at radius 1 is 1.50 bits per heavy atom. The number of aliphatic hydroxyl groups excluding tert-OH is 1. The smallest absolute Gasteiger partial charge is 0.224 e. The van der Waals surface area contributed by atoms with E-state index in [1.54, 1.807) is 0 Å². The van der Waals surface area contributed by atoms with Crippen molar-refractivity contribution in [3.8, 4) is 0 Å². The molecule has 4 nitrogen and oxygen atoms in total. The Morgan fingerprint density at radius 3 is 3.05 bits per heavy atom. The molecule has 0 saturated carbocycles. The van der Waals surface area contributed by atoms with Gasteiger partial charge in [-0.05, 0) is 24.1 Å². The molecule has 1 heterocycles. The number of rotatable bonds is 6. The predicted molar refractivity (Wildman–Crippen MR) is 80.9 cm³/mol. The Hall–Kier alpha value is -1.52. The Labute approximate surface area is 123 Å². The first-order valence-corrected chi connectivity index (χ1v) is 7.18. The molecule has 3 N–H and O–H groups in total. The molecular formula is C15H19ClN2O2. The maximum atomic E-state index is 11.9. The molecule has 0 aliphatic carbocycles.